The fourth-order valence-corrected chi connectivity index (χ4v) is 4.48. The van der Waals surface area contributed by atoms with Crippen LogP contribution in [0.3, 0.4) is 0 Å². The third-order valence-electron chi connectivity index (χ3n) is 6.00. The zero-order valence-corrected chi connectivity index (χ0v) is 18.8. The smallest absolute Gasteiger partial charge is 0.268 e. The highest BCUT2D eigenvalue weighted by Crippen LogP contribution is 2.36. The summed E-state index contributed by atoms with van der Waals surface area (Å²) in [5.41, 5.74) is 4.60. The zero-order chi connectivity index (χ0) is 22.4. The molecule has 3 aromatic heterocycles. The standard InChI is InChI=1S/C24H22FN5O2.ClH/c1-13-20(23(31)28-26-13)22(21-14(2)27-29-24(21)32)18-12-30(19-6-4-3-5-17(18)19)11-15-7-9-16(25)10-8-15;/h3-10,12,22H,11H2,1-2H3,(H2,26,28,31)(H2,27,29,32);1H. The lowest BCUT2D eigenvalue weighted by molar-refractivity contribution is 0.626. The maximum absolute atomic E-state index is 13.4. The summed E-state index contributed by atoms with van der Waals surface area (Å²) >= 11 is 0. The number of nitrogens with zero attached hydrogens (tertiary/aromatic N) is 1. The van der Waals surface area contributed by atoms with Crippen LogP contribution in [0.2, 0.25) is 0 Å². The van der Waals surface area contributed by atoms with Crippen molar-refractivity contribution in [2.45, 2.75) is 26.3 Å². The molecule has 0 aliphatic rings. The lowest BCUT2D eigenvalue weighted by atomic mass is 9.85. The van der Waals surface area contributed by atoms with E-state index in [1.807, 2.05) is 44.3 Å². The van der Waals surface area contributed by atoms with Crippen molar-refractivity contribution in [2.75, 3.05) is 0 Å². The van der Waals surface area contributed by atoms with Gasteiger partial charge < -0.3 is 14.8 Å². The van der Waals surface area contributed by atoms with Gasteiger partial charge in [0.05, 0.1) is 17.0 Å². The Morgan fingerprint density at radius 1 is 0.848 bits per heavy atom. The van der Waals surface area contributed by atoms with E-state index in [0.717, 1.165) is 22.0 Å². The van der Waals surface area contributed by atoms with Crippen molar-refractivity contribution in [2.24, 2.45) is 0 Å². The van der Waals surface area contributed by atoms with E-state index in [0.29, 0.717) is 29.1 Å². The van der Waals surface area contributed by atoms with Crippen LogP contribution in [-0.4, -0.2) is 25.0 Å². The predicted octanol–water partition coefficient (Wildman–Crippen LogP) is 4.08. The van der Waals surface area contributed by atoms with Crippen molar-refractivity contribution >= 4 is 23.3 Å². The fraction of sp³-hybridized carbons (Fsp3) is 0.167. The SMILES string of the molecule is Cc1[nH][nH]c(=O)c1C(c1c(C)[nH][nH]c1=O)c1cn(Cc2ccc(F)cc2)c2ccccc12.Cl. The molecule has 0 atom stereocenters. The summed E-state index contributed by atoms with van der Waals surface area (Å²) < 4.78 is 15.4. The van der Waals surface area contributed by atoms with Crippen LogP contribution in [0.25, 0.3) is 10.9 Å². The normalized spacial score (nSPS) is 11.3. The van der Waals surface area contributed by atoms with Crippen LogP contribution in [0.1, 0.15) is 39.6 Å². The average Bonchev–Trinajstić information content (AvgIpc) is 3.42. The summed E-state index contributed by atoms with van der Waals surface area (Å²) in [6.45, 7) is 4.15. The molecule has 3 heterocycles. The number of para-hydroxylation sites is 1. The molecule has 0 unspecified atom stereocenters. The monoisotopic (exact) mass is 467 g/mol. The largest absolute Gasteiger partial charge is 0.343 e. The van der Waals surface area contributed by atoms with E-state index in [-0.39, 0.29) is 29.3 Å². The molecule has 0 fully saturated rings. The molecule has 0 radical (unpaired) electrons. The van der Waals surface area contributed by atoms with E-state index in [9.17, 15) is 14.0 Å². The minimum absolute atomic E-state index is 0. The lowest BCUT2D eigenvalue weighted by Crippen LogP contribution is -2.20. The third-order valence-corrected chi connectivity index (χ3v) is 6.00. The Bertz CT molecular complexity index is 1480. The molecule has 7 nitrogen and oxygen atoms in total. The Hall–Kier alpha value is -3.78. The Labute approximate surface area is 194 Å². The molecule has 0 spiro atoms. The molecular weight excluding hydrogens is 445 g/mol. The topological polar surface area (TPSA) is 102 Å². The predicted molar refractivity (Wildman–Crippen MR) is 128 cm³/mol. The molecule has 0 aliphatic carbocycles. The molecule has 0 amide bonds. The second-order valence-corrected chi connectivity index (χ2v) is 8.02. The van der Waals surface area contributed by atoms with Gasteiger partial charge in [0.2, 0.25) is 0 Å². The van der Waals surface area contributed by atoms with Gasteiger partial charge in [0, 0.05) is 35.0 Å². The zero-order valence-electron chi connectivity index (χ0n) is 18.0. The minimum Gasteiger partial charge on any atom is -0.343 e. The van der Waals surface area contributed by atoms with Gasteiger partial charge in [0.25, 0.3) is 11.1 Å². The highest BCUT2D eigenvalue weighted by Gasteiger charge is 2.30. The number of aromatic amines is 4. The van der Waals surface area contributed by atoms with Gasteiger partial charge >= 0.3 is 0 Å². The highest BCUT2D eigenvalue weighted by molar-refractivity contribution is 5.86. The first-order valence-electron chi connectivity index (χ1n) is 10.3. The maximum atomic E-state index is 13.4. The van der Waals surface area contributed by atoms with Crippen LogP contribution in [-0.2, 0) is 6.54 Å². The molecule has 2 aromatic carbocycles. The van der Waals surface area contributed by atoms with E-state index < -0.39 is 5.92 Å². The van der Waals surface area contributed by atoms with Crippen molar-refractivity contribution < 1.29 is 4.39 Å². The molecular formula is C24H23ClFN5O2. The van der Waals surface area contributed by atoms with Crippen molar-refractivity contribution in [3.8, 4) is 0 Å². The van der Waals surface area contributed by atoms with E-state index in [4.69, 9.17) is 0 Å². The molecule has 5 rings (SSSR count). The third kappa shape index (κ3) is 3.82. The number of hydrogen-bond acceptors (Lipinski definition) is 2. The summed E-state index contributed by atoms with van der Waals surface area (Å²) in [7, 11) is 0. The van der Waals surface area contributed by atoms with Crippen molar-refractivity contribution in [1.29, 1.82) is 0 Å². The summed E-state index contributed by atoms with van der Waals surface area (Å²) in [6.07, 6.45) is 1.98. The van der Waals surface area contributed by atoms with Gasteiger partial charge in [-0.3, -0.25) is 19.8 Å². The number of aryl methyl sites for hydroxylation is 2. The van der Waals surface area contributed by atoms with Crippen LogP contribution >= 0.6 is 12.4 Å². The molecule has 0 aliphatic heterocycles. The van der Waals surface area contributed by atoms with Gasteiger partial charge in [0.15, 0.2) is 0 Å². The number of nitrogens with one attached hydrogen (secondary N) is 4. The second kappa shape index (κ2) is 8.63. The molecule has 170 valence electrons. The van der Waals surface area contributed by atoms with Gasteiger partial charge in [-0.25, -0.2) is 4.39 Å². The van der Waals surface area contributed by atoms with Gasteiger partial charge in [0.1, 0.15) is 5.82 Å². The Morgan fingerprint density at radius 3 is 1.97 bits per heavy atom. The molecule has 4 N–H and O–H groups in total. The summed E-state index contributed by atoms with van der Waals surface area (Å²) in [4.78, 5) is 25.6. The van der Waals surface area contributed by atoms with Crippen molar-refractivity contribution in [3.05, 3.63) is 115 Å². The number of rotatable bonds is 5. The fourth-order valence-electron chi connectivity index (χ4n) is 4.48. The summed E-state index contributed by atoms with van der Waals surface area (Å²) in [5, 5.41) is 12.0. The molecule has 33 heavy (non-hydrogen) atoms. The Kier molecular flexibility index (Phi) is 5.86. The molecule has 0 saturated carbocycles. The number of H-pyrrole nitrogens is 4. The molecule has 9 heteroatoms. The second-order valence-electron chi connectivity index (χ2n) is 8.02. The van der Waals surface area contributed by atoms with E-state index in [2.05, 4.69) is 25.0 Å². The lowest BCUT2D eigenvalue weighted by Gasteiger charge is -2.15. The van der Waals surface area contributed by atoms with Crippen LogP contribution in [0, 0.1) is 19.7 Å². The van der Waals surface area contributed by atoms with Gasteiger partial charge in [-0.1, -0.05) is 30.3 Å². The first kappa shape index (κ1) is 22.4. The average molecular weight is 468 g/mol. The van der Waals surface area contributed by atoms with Gasteiger partial charge in [-0.15, -0.1) is 12.4 Å². The molecule has 0 saturated heterocycles. The van der Waals surface area contributed by atoms with Crippen LogP contribution < -0.4 is 11.1 Å². The first-order valence-corrected chi connectivity index (χ1v) is 10.3. The van der Waals surface area contributed by atoms with E-state index in [1.54, 1.807) is 12.1 Å². The Morgan fingerprint density at radius 2 is 1.42 bits per heavy atom. The van der Waals surface area contributed by atoms with Gasteiger partial charge in [-0.05, 0) is 43.2 Å². The highest BCUT2D eigenvalue weighted by atomic mass is 35.5. The van der Waals surface area contributed by atoms with Crippen LogP contribution in [0.4, 0.5) is 4.39 Å². The van der Waals surface area contributed by atoms with E-state index in [1.165, 1.54) is 12.1 Å². The van der Waals surface area contributed by atoms with Crippen molar-refractivity contribution in [3.63, 3.8) is 0 Å². The minimum atomic E-state index is -0.570. The van der Waals surface area contributed by atoms with Crippen molar-refractivity contribution in [1.82, 2.24) is 25.0 Å². The Balaban J connectivity index is 0.00000259. The summed E-state index contributed by atoms with van der Waals surface area (Å²) in [5.74, 6) is -0.851. The van der Waals surface area contributed by atoms with Crippen LogP contribution in [0.15, 0.2) is 64.3 Å². The van der Waals surface area contributed by atoms with E-state index >= 15 is 0 Å². The summed E-state index contributed by atoms with van der Waals surface area (Å²) in [6, 6.07) is 14.3. The number of hydrogen-bond donors (Lipinski definition) is 4. The number of fused-ring (bicyclic) bond motifs is 1. The molecule has 5 aromatic rings. The molecule has 0 bridgehead atoms. The maximum Gasteiger partial charge on any atom is 0.268 e. The quantitative estimate of drug-likeness (QED) is 0.313. The number of benzene rings is 2. The first-order chi connectivity index (χ1) is 15.4. The van der Waals surface area contributed by atoms with Gasteiger partial charge in [-0.2, -0.15) is 0 Å². The number of halogens is 2. The van der Waals surface area contributed by atoms with Crippen LogP contribution in [0.5, 0.6) is 0 Å². The number of aromatic nitrogens is 5.